The quantitative estimate of drug-likeness (QED) is 0.234. The van der Waals surface area contributed by atoms with Gasteiger partial charge < -0.3 is 19.0 Å². The summed E-state index contributed by atoms with van der Waals surface area (Å²) in [6.45, 7) is 4.62. The summed E-state index contributed by atoms with van der Waals surface area (Å²) < 4.78 is 12.3. The Hall–Kier alpha value is -4.33. The van der Waals surface area contributed by atoms with Crippen LogP contribution in [0.25, 0.3) is 10.9 Å². The molecular formula is C26H26N4O4. The predicted molar refractivity (Wildman–Crippen MR) is 131 cm³/mol. The van der Waals surface area contributed by atoms with Crippen molar-refractivity contribution in [2.24, 2.45) is 5.10 Å². The second-order valence-electron chi connectivity index (χ2n) is 7.93. The van der Waals surface area contributed by atoms with E-state index in [2.05, 4.69) is 15.8 Å². The number of hydrazone groups is 1. The molecule has 34 heavy (non-hydrogen) atoms. The lowest BCUT2D eigenvalue weighted by atomic mass is 10.1. The number of rotatable bonds is 8. The second-order valence-corrected chi connectivity index (χ2v) is 7.93. The van der Waals surface area contributed by atoms with Crippen molar-refractivity contribution in [2.45, 2.75) is 20.4 Å². The Morgan fingerprint density at radius 1 is 1.09 bits per heavy atom. The van der Waals surface area contributed by atoms with Crippen LogP contribution in [0.4, 0.5) is 5.69 Å². The number of furan rings is 1. The fourth-order valence-electron chi connectivity index (χ4n) is 3.60. The number of fused-ring (bicyclic) bond motifs is 1. The van der Waals surface area contributed by atoms with Crippen molar-refractivity contribution in [2.75, 3.05) is 19.0 Å². The van der Waals surface area contributed by atoms with Crippen LogP contribution in [0.3, 0.4) is 0 Å². The first kappa shape index (κ1) is 22.8. The molecule has 0 saturated carbocycles. The molecule has 2 N–H and O–H groups in total. The lowest BCUT2D eigenvalue weighted by molar-refractivity contribution is -0.119. The van der Waals surface area contributed by atoms with Gasteiger partial charge in [-0.15, -0.1) is 0 Å². The van der Waals surface area contributed by atoms with Gasteiger partial charge in [0.05, 0.1) is 26.4 Å². The third-order valence-corrected chi connectivity index (χ3v) is 5.55. The van der Waals surface area contributed by atoms with Crippen LogP contribution >= 0.6 is 0 Å². The van der Waals surface area contributed by atoms with Crippen LogP contribution in [-0.2, 0) is 16.1 Å². The van der Waals surface area contributed by atoms with Crippen LogP contribution in [0.1, 0.15) is 33.0 Å². The molecule has 8 nitrogen and oxygen atoms in total. The normalized spacial score (nSPS) is 11.1. The summed E-state index contributed by atoms with van der Waals surface area (Å²) >= 11 is 0. The van der Waals surface area contributed by atoms with Gasteiger partial charge in [-0.25, -0.2) is 10.2 Å². The molecule has 0 spiro atoms. The third-order valence-electron chi connectivity index (χ3n) is 5.55. The Balaban J connectivity index is 1.42. The highest BCUT2D eigenvalue weighted by atomic mass is 16.5. The van der Waals surface area contributed by atoms with E-state index in [4.69, 9.17) is 9.15 Å². The van der Waals surface area contributed by atoms with Gasteiger partial charge in [0, 0.05) is 28.4 Å². The maximum absolute atomic E-state index is 12.2. The Labute approximate surface area is 197 Å². The van der Waals surface area contributed by atoms with Crippen LogP contribution in [0.5, 0.6) is 0 Å². The van der Waals surface area contributed by atoms with E-state index >= 15 is 0 Å². The SMILES string of the molecule is COC(=O)c1ccc(Cn2cc(/C=N\NC(=O)CNc3ccc(C)c(C)c3)c3ccccc32)o1. The molecule has 0 aliphatic heterocycles. The first-order chi connectivity index (χ1) is 16.4. The lowest BCUT2D eigenvalue weighted by Crippen LogP contribution is -2.25. The van der Waals surface area contributed by atoms with E-state index in [1.54, 1.807) is 18.3 Å². The number of anilines is 1. The van der Waals surface area contributed by atoms with Gasteiger partial charge in [0.1, 0.15) is 5.76 Å². The topological polar surface area (TPSA) is 97.9 Å². The number of benzene rings is 2. The summed E-state index contributed by atoms with van der Waals surface area (Å²) in [7, 11) is 1.31. The predicted octanol–water partition coefficient (Wildman–Crippen LogP) is 4.25. The smallest absolute Gasteiger partial charge is 0.373 e. The molecule has 2 aromatic carbocycles. The number of carbonyl (C=O) groups is 2. The van der Waals surface area contributed by atoms with Crippen molar-refractivity contribution in [3.8, 4) is 0 Å². The highest BCUT2D eigenvalue weighted by Gasteiger charge is 2.13. The molecule has 2 aromatic heterocycles. The van der Waals surface area contributed by atoms with E-state index in [9.17, 15) is 9.59 Å². The molecule has 0 bridgehead atoms. The molecule has 0 saturated heterocycles. The number of esters is 1. The number of aryl methyl sites for hydroxylation is 2. The molecule has 174 valence electrons. The Morgan fingerprint density at radius 2 is 1.91 bits per heavy atom. The largest absolute Gasteiger partial charge is 0.463 e. The summed E-state index contributed by atoms with van der Waals surface area (Å²) in [6.07, 6.45) is 3.54. The van der Waals surface area contributed by atoms with Crippen LogP contribution in [0.2, 0.25) is 0 Å². The zero-order chi connectivity index (χ0) is 24.1. The van der Waals surface area contributed by atoms with E-state index in [1.165, 1.54) is 12.7 Å². The summed E-state index contributed by atoms with van der Waals surface area (Å²) in [5.74, 6) is 0.0200. The number of aromatic nitrogens is 1. The summed E-state index contributed by atoms with van der Waals surface area (Å²) in [4.78, 5) is 23.9. The number of hydrogen-bond donors (Lipinski definition) is 2. The number of nitrogens with zero attached hydrogens (tertiary/aromatic N) is 2. The number of ether oxygens (including phenoxy) is 1. The zero-order valence-electron chi connectivity index (χ0n) is 19.3. The molecule has 0 radical (unpaired) electrons. The van der Waals surface area contributed by atoms with E-state index in [0.29, 0.717) is 12.3 Å². The van der Waals surface area contributed by atoms with Crippen molar-refractivity contribution in [3.63, 3.8) is 0 Å². The molecule has 4 rings (SSSR count). The molecule has 0 aliphatic rings. The lowest BCUT2D eigenvalue weighted by Gasteiger charge is -2.07. The minimum atomic E-state index is -0.515. The summed E-state index contributed by atoms with van der Waals surface area (Å²) in [6, 6.07) is 17.2. The third kappa shape index (κ3) is 5.17. The second kappa shape index (κ2) is 10.1. The average Bonchev–Trinajstić information content (AvgIpc) is 3.45. The van der Waals surface area contributed by atoms with Gasteiger partial charge in [-0.3, -0.25) is 4.79 Å². The van der Waals surface area contributed by atoms with Crippen LogP contribution < -0.4 is 10.7 Å². The van der Waals surface area contributed by atoms with E-state index < -0.39 is 5.97 Å². The summed E-state index contributed by atoms with van der Waals surface area (Å²) in [5, 5.41) is 8.21. The van der Waals surface area contributed by atoms with Crippen molar-refractivity contribution in [1.82, 2.24) is 9.99 Å². The summed E-state index contributed by atoms with van der Waals surface area (Å²) in [5.41, 5.74) is 7.64. The van der Waals surface area contributed by atoms with Crippen molar-refractivity contribution in [3.05, 3.63) is 89.0 Å². The Kier molecular flexibility index (Phi) is 6.77. The Morgan fingerprint density at radius 3 is 2.71 bits per heavy atom. The number of hydrogen-bond acceptors (Lipinski definition) is 6. The molecular weight excluding hydrogens is 432 g/mol. The van der Waals surface area contributed by atoms with Crippen molar-refractivity contribution >= 4 is 34.7 Å². The molecule has 0 fully saturated rings. The van der Waals surface area contributed by atoms with Crippen molar-refractivity contribution in [1.29, 1.82) is 0 Å². The highest BCUT2D eigenvalue weighted by molar-refractivity contribution is 5.99. The van der Waals surface area contributed by atoms with Gasteiger partial charge in [0.25, 0.3) is 5.91 Å². The van der Waals surface area contributed by atoms with Crippen molar-refractivity contribution < 1.29 is 18.7 Å². The fourth-order valence-corrected chi connectivity index (χ4v) is 3.60. The number of amides is 1. The number of methoxy groups -OCH3 is 1. The van der Waals surface area contributed by atoms with E-state index in [0.717, 1.165) is 27.7 Å². The molecule has 0 atom stereocenters. The number of carbonyl (C=O) groups excluding carboxylic acids is 2. The first-order valence-electron chi connectivity index (χ1n) is 10.8. The number of nitrogens with one attached hydrogen (secondary N) is 2. The minimum absolute atomic E-state index is 0.114. The minimum Gasteiger partial charge on any atom is -0.463 e. The van der Waals surface area contributed by atoms with Gasteiger partial charge in [0.2, 0.25) is 5.76 Å². The molecule has 0 aliphatic carbocycles. The average molecular weight is 459 g/mol. The molecule has 2 heterocycles. The number of para-hydroxylation sites is 1. The van der Waals surface area contributed by atoms with Gasteiger partial charge in [-0.2, -0.15) is 5.10 Å². The Bertz CT molecular complexity index is 1370. The standard InChI is InChI=1S/C26H26N4O4/c1-17-8-9-20(12-18(17)2)27-14-25(31)29-28-13-19-15-30(23-7-5-4-6-22(19)23)16-21-10-11-24(34-21)26(32)33-3/h4-13,15,27H,14,16H2,1-3H3,(H,29,31)/b28-13-. The maximum atomic E-state index is 12.2. The van der Waals surface area contributed by atoms with Gasteiger partial charge in [-0.1, -0.05) is 24.3 Å². The first-order valence-corrected chi connectivity index (χ1v) is 10.8. The van der Waals surface area contributed by atoms with Gasteiger partial charge in [0.15, 0.2) is 0 Å². The molecule has 1 amide bonds. The van der Waals surface area contributed by atoms with Gasteiger partial charge >= 0.3 is 5.97 Å². The van der Waals surface area contributed by atoms with Crippen LogP contribution in [0, 0.1) is 13.8 Å². The monoisotopic (exact) mass is 458 g/mol. The van der Waals surface area contributed by atoms with Crippen LogP contribution in [-0.4, -0.2) is 36.3 Å². The van der Waals surface area contributed by atoms with E-state index in [1.807, 2.05) is 67.1 Å². The maximum Gasteiger partial charge on any atom is 0.373 e. The van der Waals surface area contributed by atoms with E-state index in [-0.39, 0.29) is 18.2 Å². The molecule has 0 unspecified atom stereocenters. The molecule has 8 heteroatoms. The molecule has 4 aromatic rings. The highest BCUT2D eigenvalue weighted by Crippen LogP contribution is 2.22. The zero-order valence-corrected chi connectivity index (χ0v) is 19.3. The fraction of sp³-hybridized carbons (Fsp3) is 0.192. The van der Waals surface area contributed by atoms with Gasteiger partial charge in [-0.05, 0) is 55.3 Å². The van der Waals surface area contributed by atoms with Crippen LogP contribution in [0.15, 0.2) is 70.3 Å².